The summed E-state index contributed by atoms with van der Waals surface area (Å²) in [5.41, 5.74) is 0. The van der Waals surface area contributed by atoms with Gasteiger partial charge in [0, 0.05) is 6.42 Å². The van der Waals surface area contributed by atoms with Crippen molar-refractivity contribution in [2.24, 2.45) is 0 Å². The first-order valence-corrected chi connectivity index (χ1v) is 9.04. The smallest absolute Gasteiger partial charge is 0.308 e. The summed E-state index contributed by atoms with van der Waals surface area (Å²) in [4.78, 5) is 11.4. The summed E-state index contributed by atoms with van der Waals surface area (Å²) in [7, 11) is -1.85. The number of carbonyl (C=O) groups is 1. The van der Waals surface area contributed by atoms with E-state index in [0.29, 0.717) is 12.8 Å². The monoisotopic (exact) mass is 260 g/mol. The Morgan fingerprint density at radius 3 is 2.53 bits per heavy atom. The van der Waals surface area contributed by atoms with Gasteiger partial charge in [0.1, 0.15) is 6.10 Å². The highest BCUT2D eigenvalue weighted by molar-refractivity contribution is 6.74. The molecule has 0 unspecified atom stereocenters. The van der Waals surface area contributed by atoms with E-state index in [9.17, 15) is 4.79 Å². The number of aliphatic hydroxyl groups excluding tert-OH is 1. The van der Waals surface area contributed by atoms with Crippen molar-refractivity contribution in [3.63, 3.8) is 0 Å². The minimum atomic E-state index is -1.85. The van der Waals surface area contributed by atoms with Gasteiger partial charge in [-0.1, -0.05) is 20.8 Å². The first-order valence-electron chi connectivity index (χ1n) is 6.14. The standard InChI is InChI=1S/C12H24O4Si/c1-12(2,3)17(4,5)16-9-6-10(8-13)15-11(14)7-9/h9-10,13H,6-8H2,1-5H3/t9-,10+/m0/s1. The molecule has 0 saturated carbocycles. The van der Waals surface area contributed by atoms with Crippen molar-refractivity contribution in [2.45, 2.75) is 64.0 Å². The van der Waals surface area contributed by atoms with E-state index < -0.39 is 14.4 Å². The van der Waals surface area contributed by atoms with Crippen LogP contribution in [-0.2, 0) is 14.0 Å². The third-order valence-corrected chi connectivity index (χ3v) is 8.22. The Kier molecular flexibility index (Phi) is 4.38. The molecule has 1 heterocycles. The number of carbonyl (C=O) groups excluding carboxylic acids is 1. The van der Waals surface area contributed by atoms with Gasteiger partial charge in [-0.25, -0.2) is 0 Å². The molecule has 0 aliphatic carbocycles. The van der Waals surface area contributed by atoms with Crippen molar-refractivity contribution in [3.05, 3.63) is 0 Å². The van der Waals surface area contributed by atoms with Gasteiger partial charge in [0.2, 0.25) is 0 Å². The number of hydrogen-bond acceptors (Lipinski definition) is 4. The van der Waals surface area contributed by atoms with Crippen LogP contribution in [0.25, 0.3) is 0 Å². The van der Waals surface area contributed by atoms with Crippen LogP contribution < -0.4 is 0 Å². The van der Waals surface area contributed by atoms with Gasteiger partial charge in [0.05, 0.1) is 19.1 Å². The van der Waals surface area contributed by atoms with Crippen molar-refractivity contribution in [3.8, 4) is 0 Å². The molecule has 4 nitrogen and oxygen atoms in total. The molecule has 100 valence electrons. The molecule has 1 saturated heterocycles. The molecule has 17 heavy (non-hydrogen) atoms. The second kappa shape index (κ2) is 5.08. The Morgan fingerprint density at radius 1 is 1.47 bits per heavy atom. The lowest BCUT2D eigenvalue weighted by atomic mass is 10.1. The summed E-state index contributed by atoms with van der Waals surface area (Å²) in [6.45, 7) is 10.7. The van der Waals surface area contributed by atoms with E-state index in [2.05, 4.69) is 33.9 Å². The van der Waals surface area contributed by atoms with Crippen LogP contribution in [0.2, 0.25) is 18.1 Å². The van der Waals surface area contributed by atoms with Gasteiger partial charge in [0.15, 0.2) is 8.32 Å². The van der Waals surface area contributed by atoms with Crippen LogP contribution >= 0.6 is 0 Å². The second-order valence-corrected chi connectivity index (χ2v) is 11.0. The zero-order chi connectivity index (χ0) is 13.3. The molecular formula is C12H24O4Si. The summed E-state index contributed by atoms with van der Waals surface area (Å²) in [6.07, 6.45) is 0.415. The van der Waals surface area contributed by atoms with E-state index in [1.807, 2.05) is 0 Å². The third kappa shape index (κ3) is 3.79. The predicted octanol–water partition coefficient (Wildman–Crippen LogP) is 2.07. The highest BCUT2D eigenvalue weighted by atomic mass is 28.4. The molecule has 0 aromatic rings. The molecule has 2 atom stereocenters. The minimum Gasteiger partial charge on any atom is -0.460 e. The average Bonchev–Trinajstić information content (AvgIpc) is 2.14. The summed E-state index contributed by atoms with van der Waals surface area (Å²) >= 11 is 0. The Labute approximate surface area is 104 Å². The fourth-order valence-electron chi connectivity index (χ4n) is 1.64. The number of aliphatic hydroxyl groups is 1. The van der Waals surface area contributed by atoms with E-state index in [0.717, 1.165) is 0 Å². The van der Waals surface area contributed by atoms with Crippen LogP contribution in [0.15, 0.2) is 0 Å². The van der Waals surface area contributed by atoms with Crippen LogP contribution in [0.4, 0.5) is 0 Å². The molecule has 0 bridgehead atoms. The maximum atomic E-state index is 11.4. The largest absolute Gasteiger partial charge is 0.460 e. The number of hydrogen-bond donors (Lipinski definition) is 1. The van der Waals surface area contributed by atoms with E-state index in [-0.39, 0.29) is 23.7 Å². The summed E-state index contributed by atoms with van der Waals surface area (Å²) in [5, 5.41) is 9.19. The van der Waals surface area contributed by atoms with E-state index in [1.54, 1.807) is 0 Å². The highest BCUT2D eigenvalue weighted by Gasteiger charge is 2.41. The van der Waals surface area contributed by atoms with Crippen LogP contribution in [0.5, 0.6) is 0 Å². The number of rotatable bonds is 3. The maximum Gasteiger partial charge on any atom is 0.308 e. The second-order valence-electron chi connectivity index (χ2n) is 6.23. The topological polar surface area (TPSA) is 55.8 Å². The molecule has 1 fully saturated rings. The van der Waals surface area contributed by atoms with Gasteiger partial charge in [-0.05, 0) is 18.1 Å². The lowest BCUT2D eigenvalue weighted by Crippen LogP contribution is -2.47. The molecule has 1 rings (SSSR count). The van der Waals surface area contributed by atoms with Crippen molar-refractivity contribution >= 4 is 14.3 Å². The van der Waals surface area contributed by atoms with Crippen LogP contribution in [0, 0.1) is 0 Å². The predicted molar refractivity (Wildman–Crippen MR) is 68.3 cm³/mol. The fraction of sp³-hybridized carbons (Fsp3) is 0.917. The maximum absolute atomic E-state index is 11.4. The van der Waals surface area contributed by atoms with Gasteiger partial charge in [-0.15, -0.1) is 0 Å². The number of esters is 1. The molecule has 0 amide bonds. The number of ether oxygens (including phenoxy) is 1. The molecule has 0 radical (unpaired) electrons. The molecule has 0 aromatic heterocycles. The van der Waals surface area contributed by atoms with Gasteiger partial charge in [-0.2, -0.15) is 0 Å². The normalized spacial score (nSPS) is 26.8. The molecule has 1 aliphatic rings. The Balaban J connectivity index is 2.65. The summed E-state index contributed by atoms with van der Waals surface area (Å²) in [6, 6.07) is 0. The van der Waals surface area contributed by atoms with Crippen LogP contribution in [0.1, 0.15) is 33.6 Å². The molecule has 0 spiro atoms. The first kappa shape index (κ1) is 14.7. The minimum absolute atomic E-state index is 0.103. The summed E-state index contributed by atoms with van der Waals surface area (Å²) in [5.74, 6) is -0.265. The summed E-state index contributed by atoms with van der Waals surface area (Å²) < 4.78 is 11.2. The van der Waals surface area contributed by atoms with E-state index in [1.165, 1.54) is 0 Å². The SMILES string of the molecule is CC(C)(C)[Si](C)(C)O[C@@H]1CC(=O)O[C@@H](CO)C1. The lowest BCUT2D eigenvalue weighted by molar-refractivity contribution is -0.162. The van der Waals surface area contributed by atoms with E-state index >= 15 is 0 Å². The Hall–Kier alpha value is -0.393. The highest BCUT2D eigenvalue weighted by Crippen LogP contribution is 2.38. The van der Waals surface area contributed by atoms with Crippen molar-refractivity contribution in [2.75, 3.05) is 6.61 Å². The van der Waals surface area contributed by atoms with E-state index in [4.69, 9.17) is 14.3 Å². The zero-order valence-electron chi connectivity index (χ0n) is 11.4. The van der Waals surface area contributed by atoms with Crippen LogP contribution in [0.3, 0.4) is 0 Å². The fourth-order valence-corrected chi connectivity index (χ4v) is 3.01. The molecule has 1 aliphatic heterocycles. The van der Waals surface area contributed by atoms with Gasteiger partial charge < -0.3 is 14.3 Å². The van der Waals surface area contributed by atoms with Gasteiger partial charge in [0.25, 0.3) is 0 Å². The van der Waals surface area contributed by atoms with Gasteiger partial charge >= 0.3 is 5.97 Å². The van der Waals surface area contributed by atoms with Crippen molar-refractivity contribution in [1.82, 2.24) is 0 Å². The lowest BCUT2D eigenvalue weighted by Gasteiger charge is -2.41. The molecular weight excluding hydrogens is 236 g/mol. The van der Waals surface area contributed by atoms with Crippen LogP contribution in [-0.4, -0.2) is 38.2 Å². The third-order valence-electron chi connectivity index (χ3n) is 3.69. The molecule has 0 aromatic carbocycles. The van der Waals surface area contributed by atoms with Gasteiger partial charge in [-0.3, -0.25) is 4.79 Å². The molecule has 1 N–H and O–H groups in total. The van der Waals surface area contributed by atoms with Crippen molar-refractivity contribution in [1.29, 1.82) is 0 Å². The first-order chi connectivity index (χ1) is 7.65. The quantitative estimate of drug-likeness (QED) is 0.623. The zero-order valence-corrected chi connectivity index (χ0v) is 12.4. The Morgan fingerprint density at radius 2 is 2.06 bits per heavy atom. The average molecular weight is 260 g/mol. The molecule has 5 heteroatoms. The Bertz CT molecular complexity index is 283. The number of cyclic esters (lactones) is 1. The van der Waals surface area contributed by atoms with Crippen molar-refractivity contribution < 1.29 is 19.1 Å².